The van der Waals surface area contributed by atoms with E-state index in [-0.39, 0.29) is 17.5 Å². The lowest BCUT2D eigenvalue weighted by Gasteiger charge is -2.38. The maximum Gasteiger partial charge on any atom is 0.256 e. The van der Waals surface area contributed by atoms with Crippen LogP contribution in [0.15, 0.2) is 42.7 Å². The van der Waals surface area contributed by atoms with E-state index in [1.807, 2.05) is 0 Å². The van der Waals surface area contributed by atoms with Crippen LogP contribution in [0.2, 0.25) is 0 Å². The number of H-pyrrole nitrogens is 1. The minimum Gasteiger partial charge on any atom is -0.370 e. The first-order valence-corrected chi connectivity index (χ1v) is 10.3. The van der Waals surface area contributed by atoms with Gasteiger partial charge in [0.2, 0.25) is 0 Å². The molecule has 0 saturated carbocycles. The lowest BCUT2D eigenvalue weighted by Crippen LogP contribution is -2.47. The van der Waals surface area contributed by atoms with E-state index in [0.29, 0.717) is 37.5 Å². The first-order chi connectivity index (χ1) is 15.5. The van der Waals surface area contributed by atoms with E-state index >= 15 is 0 Å². The van der Waals surface area contributed by atoms with E-state index in [9.17, 15) is 13.6 Å². The number of benzene rings is 1. The molecule has 3 atom stereocenters. The molecule has 5 rings (SSSR count). The normalized spacial score (nSPS) is 23.2. The Bertz CT molecular complexity index is 1140. The number of rotatable bonds is 4. The fourth-order valence-electron chi connectivity index (χ4n) is 4.36. The lowest BCUT2D eigenvalue weighted by atomic mass is 9.93. The molecule has 2 aliphatic heterocycles. The van der Waals surface area contributed by atoms with Gasteiger partial charge in [0.05, 0.1) is 12.3 Å². The smallest absolute Gasteiger partial charge is 0.256 e. The highest BCUT2D eigenvalue weighted by molar-refractivity contribution is 6.04. The van der Waals surface area contributed by atoms with Crippen LogP contribution in [-0.4, -0.2) is 44.7 Å². The first kappa shape index (κ1) is 20.7. The van der Waals surface area contributed by atoms with E-state index < -0.39 is 23.8 Å². The number of ether oxygens (including phenoxy) is 1. The van der Waals surface area contributed by atoms with Crippen LogP contribution in [0.4, 0.5) is 14.6 Å². The molecule has 8 nitrogen and oxygen atoms in total. The third kappa shape index (κ3) is 3.88. The number of aromatic amines is 1. The Balaban J connectivity index is 1.24. The van der Waals surface area contributed by atoms with Gasteiger partial charge in [-0.1, -0.05) is 0 Å². The van der Waals surface area contributed by atoms with Crippen molar-refractivity contribution in [1.82, 2.24) is 20.1 Å². The molecule has 0 bridgehead atoms. The zero-order valence-corrected chi connectivity index (χ0v) is 17.1. The third-order valence-electron chi connectivity index (χ3n) is 6.03. The largest absolute Gasteiger partial charge is 0.370 e. The minimum atomic E-state index is -0.695. The summed E-state index contributed by atoms with van der Waals surface area (Å²) in [5.74, 6) is -0.818. The number of halogens is 2. The van der Waals surface area contributed by atoms with Gasteiger partial charge in [-0.3, -0.25) is 19.8 Å². The molecule has 3 aromatic rings. The summed E-state index contributed by atoms with van der Waals surface area (Å²) in [6.07, 6.45) is 2.98. The first-order valence-electron chi connectivity index (χ1n) is 10.3. The van der Waals surface area contributed by atoms with Gasteiger partial charge in [0.1, 0.15) is 17.7 Å². The highest BCUT2D eigenvalue weighted by Gasteiger charge is 2.37. The van der Waals surface area contributed by atoms with E-state index in [2.05, 4.69) is 25.4 Å². The van der Waals surface area contributed by atoms with Crippen LogP contribution in [0.25, 0.3) is 0 Å². The van der Waals surface area contributed by atoms with E-state index in [1.165, 1.54) is 0 Å². The van der Waals surface area contributed by atoms with Crippen molar-refractivity contribution in [3.63, 3.8) is 0 Å². The van der Waals surface area contributed by atoms with Crippen LogP contribution in [0.1, 0.15) is 39.7 Å². The van der Waals surface area contributed by atoms with Crippen molar-refractivity contribution in [3.05, 3.63) is 76.7 Å². The van der Waals surface area contributed by atoms with Gasteiger partial charge in [-0.25, -0.2) is 8.78 Å². The standard InChI is InChI=1S/C22H22F2N6O2/c23-13-1-2-17(24)15(7-13)20-18(25)8-14(11-32-20)30-9-16-19(10-30)28-29-21(16)27-22(31)12-3-5-26-6-4-12/h1-7,14,18,20H,8-11,25H2,(H2,27,28,29,31)/t14-,18+,20-/m1/s1. The topological polar surface area (TPSA) is 109 Å². The van der Waals surface area contributed by atoms with Gasteiger partial charge in [0.25, 0.3) is 5.91 Å². The molecular formula is C22H22F2N6O2. The summed E-state index contributed by atoms with van der Waals surface area (Å²) in [6, 6.07) is 6.10. The second-order valence-electron chi connectivity index (χ2n) is 8.10. The number of carbonyl (C=O) groups excluding carboxylic acids is 1. The van der Waals surface area contributed by atoms with Crippen molar-refractivity contribution >= 4 is 11.7 Å². The summed E-state index contributed by atoms with van der Waals surface area (Å²) in [7, 11) is 0. The Morgan fingerprint density at radius 2 is 2.03 bits per heavy atom. The number of nitrogens with one attached hydrogen (secondary N) is 2. The summed E-state index contributed by atoms with van der Waals surface area (Å²) in [6.45, 7) is 1.51. The van der Waals surface area contributed by atoms with Gasteiger partial charge >= 0.3 is 0 Å². The van der Waals surface area contributed by atoms with Gasteiger partial charge in [-0.05, 0) is 36.8 Å². The molecule has 2 aromatic heterocycles. The van der Waals surface area contributed by atoms with Crippen LogP contribution >= 0.6 is 0 Å². The minimum absolute atomic E-state index is 0.00224. The predicted molar refractivity (Wildman–Crippen MR) is 111 cm³/mol. The van der Waals surface area contributed by atoms with Crippen LogP contribution in [0.3, 0.4) is 0 Å². The van der Waals surface area contributed by atoms with E-state index in [0.717, 1.165) is 29.5 Å². The van der Waals surface area contributed by atoms with Crippen molar-refractivity contribution in [2.24, 2.45) is 5.73 Å². The number of nitrogens with two attached hydrogens (primary N) is 1. The fraction of sp³-hybridized carbons (Fsp3) is 0.318. The maximum absolute atomic E-state index is 14.2. The number of pyridine rings is 1. The zero-order chi connectivity index (χ0) is 22.2. The Labute approximate surface area is 182 Å². The molecule has 32 heavy (non-hydrogen) atoms. The molecule has 1 saturated heterocycles. The third-order valence-corrected chi connectivity index (χ3v) is 6.03. The van der Waals surface area contributed by atoms with E-state index in [1.54, 1.807) is 24.5 Å². The molecule has 1 fully saturated rings. The molecule has 0 spiro atoms. The SMILES string of the molecule is N[C@H]1C[C@@H](N2Cc3[nH]nc(NC(=O)c4ccncc4)c3C2)CO[C@@H]1c1cc(F)ccc1F. The van der Waals surface area contributed by atoms with Crippen LogP contribution in [0, 0.1) is 11.6 Å². The van der Waals surface area contributed by atoms with Crippen LogP contribution < -0.4 is 11.1 Å². The molecule has 166 valence electrons. The Hall–Kier alpha value is -3.21. The maximum atomic E-state index is 14.2. The molecule has 10 heteroatoms. The number of hydrogen-bond donors (Lipinski definition) is 3. The van der Waals surface area contributed by atoms with Gasteiger partial charge in [0, 0.05) is 54.3 Å². The van der Waals surface area contributed by atoms with Gasteiger partial charge in [-0.15, -0.1) is 0 Å². The molecule has 4 heterocycles. The van der Waals surface area contributed by atoms with Crippen LogP contribution in [-0.2, 0) is 17.8 Å². The lowest BCUT2D eigenvalue weighted by molar-refractivity contribution is -0.0532. The number of carbonyl (C=O) groups is 1. The van der Waals surface area contributed by atoms with Crippen molar-refractivity contribution < 1.29 is 18.3 Å². The second kappa shape index (κ2) is 8.38. The Morgan fingerprint density at radius 3 is 2.81 bits per heavy atom. The van der Waals surface area contributed by atoms with Crippen molar-refractivity contribution in [3.8, 4) is 0 Å². The average molecular weight is 440 g/mol. The summed E-state index contributed by atoms with van der Waals surface area (Å²) < 4.78 is 33.7. The summed E-state index contributed by atoms with van der Waals surface area (Å²) in [5, 5.41) is 10.1. The molecule has 4 N–H and O–H groups in total. The molecule has 1 amide bonds. The Morgan fingerprint density at radius 1 is 1.22 bits per heavy atom. The molecular weight excluding hydrogens is 418 g/mol. The number of anilines is 1. The van der Waals surface area contributed by atoms with Gasteiger partial charge in [0.15, 0.2) is 5.82 Å². The summed E-state index contributed by atoms with van der Waals surface area (Å²) in [5.41, 5.74) is 8.78. The number of nitrogens with zero attached hydrogens (tertiary/aromatic N) is 3. The molecule has 0 unspecified atom stereocenters. The van der Waals surface area contributed by atoms with Gasteiger partial charge < -0.3 is 15.8 Å². The van der Waals surface area contributed by atoms with Crippen molar-refractivity contribution in [2.45, 2.75) is 37.7 Å². The van der Waals surface area contributed by atoms with E-state index in [4.69, 9.17) is 10.5 Å². The average Bonchev–Trinajstić information content (AvgIpc) is 3.38. The van der Waals surface area contributed by atoms with Crippen molar-refractivity contribution in [2.75, 3.05) is 11.9 Å². The second-order valence-corrected chi connectivity index (χ2v) is 8.10. The molecule has 1 aromatic carbocycles. The molecule has 2 aliphatic rings. The Kier molecular flexibility index (Phi) is 5.41. The number of aromatic nitrogens is 3. The highest BCUT2D eigenvalue weighted by atomic mass is 19.1. The zero-order valence-electron chi connectivity index (χ0n) is 17.1. The molecule has 0 aliphatic carbocycles. The van der Waals surface area contributed by atoms with Gasteiger partial charge in [-0.2, -0.15) is 5.10 Å². The molecule has 0 radical (unpaired) electrons. The number of hydrogen-bond acceptors (Lipinski definition) is 6. The van der Waals surface area contributed by atoms with Crippen LogP contribution in [0.5, 0.6) is 0 Å². The predicted octanol–water partition coefficient (Wildman–Crippen LogP) is 2.51. The summed E-state index contributed by atoms with van der Waals surface area (Å²) in [4.78, 5) is 18.6. The quantitative estimate of drug-likeness (QED) is 0.575. The fourth-order valence-corrected chi connectivity index (χ4v) is 4.36. The number of fused-ring (bicyclic) bond motifs is 1. The highest BCUT2D eigenvalue weighted by Crippen LogP contribution is 2.35. The monoisotopic (exact) mass is 440 g/mol. The number of amides is 1. The van der Waals surface area contributed by atoms with Crippen molar-refractivity contribution in [1.29, 1.82) is 0 Å². The summed E-state index contributed by atoms with van der Waals surface area (Å²) >= 11 is 0.